The maximum atomic E-state index is 14.0. The van der Waals surface area contributed by atoms with E-state index < -0.39 is 0 Å². The van der Waals surface area contributed by atoms with Crippen molar-refractivity contribution in [3.8, 4) is 0 Å². The van der Waals surface area contributed by atoms with Gasteiger partial charge in [0.2, 0.25) is 11.8 Å². The predicted molar refractivity (Wildman–Crippen MR) is 108 cm³/mol. The van der Waals surface area contributed by atoms with Gasteiger partial charge in [-0.15, -0.1) is 0 Å². The van der Waals surface area contributed by atoms with Crippen LogP contribution in [0.4, 0.5) is 10.1 Å². The molecule has 2 amide bonds. The van der Waals surface area contributed by atoms with Crippen LogP contribution >= 0.6 is 0 Å². The quantitative estimate of drug-likeness (QED) is 0.804. The molecule has 1 aromatic carbocycles. The molecular formula is C21H31FN4O2. The number of rotatable bonds is 6. The Balaban J connectivity index is 1.55. The van der Waals surface area contributed by atoms with E-state index in [-0.39, 0.29) is 30.1 Å². The molecule has 6 nitrogen and oxygen atoms in total. The number of benzene rings is 1. The van der Waals surface area contributed by atoms with Gasteiger partial charge in [0, 0.05) is 39.3 Å². The van der Waals surface area contributed by atoms with Crippen molar-refractivity contribution >= 4 is 17.5 Å². The fourth-order valence-corrected chi connectivity index (χ4v) is 3.88. The summed E-state index contributed by atoms with van der Waals surface area (Å²) >= 11 is 0. The van der Waals surface area contributed by atoms with Crippen LogP contribution in [0.5, 0.6) is 0 Å². The number of carbonyl (C=O) groups excluding carboxylic acids is 2. The Morgan fingerprint density at radius 3 is 2.57 bits per heavy atom. The Labute approximate surface area is 166 Å². The number of anilines is 1. The molecular weight excluding hydrogens is 359 g/mol. The van der Waals surface area contributed by atoms with Crippen LogP contribution in [-0.4, -0.2) is 73.5 Å². The van der Waals surface area contributed by atoms with Gasteiger partial charge in [0.1, 0.15) is 5.82 Å². The summed E-state index contributed by atoms with van der Waals surface area (Å²) in [5, 5.41) is 2.89. The fourth-order valence-electron chi connectivity index (χ4n) is 3.88. The minimum absolute atomic E-state index is 0.00443. The smallest absolute Gasteiger partial charge is 0.237 e. The van der Waals surface area contributed by atoms with Crippen molar-refractivity contribution < 1.29 is 14.0 Å². The number of hydrogen-bond donors (Lipinski definition) is 1. The van der Waals surface area contributed by atoms with Crippen LogP contribution in [0.25, 0.3) is 0 Å². The number of nitrogens with zero attached hydrogens (tertiary/aromatic N) is 3. The molecule has 2 saturated heterocycles. The van der Waals surface area contributed by atoms with E-state index in [2.05, 4.69) is 24.1 Å². The molecule has 0 bridgehead atoms. The van der Waals surface area contributed by atoms with E-state index in [9.17, 15) is 14.0 Å². The topological polar surface area (TPSA) is 55.9 Å². The second-order valence-corrected chi connectivity index (χ2v) is 8.05. The van der Waals surface area contributed by atoms with Crippen molar-refractivity contribution in [1.82, 2.24) is 15.1 Å². The van der Waals surface area contributed by atoms with Gasteiger partial charge < -0.3 is 15.1 Å². The monoisotopic (exact) mass is 390 g/mol. The van der Waals surface area contributed by atoms with E-state index >= 15 is 0 Å². The van der Waals surface area contributed by atoms with Crippen molar-refractivity contribution in [2.45, 2.75) is 32.7 Å². The third kappa shape index (κ3) is 5.01. The van der Waals surface area contributed by atoms with Gasteiger partial charge in [-0.1, -0.05) is 26.0 Å². The lowest BCUT2D eigenvalue weighted by Crippen LogP contribution is -2.58. The second kappa shape index (κ2) is 9.37. The van der Waals surface area contributed by atoms with E-state index in [0.29, 0.717) is 44.3 Å². The number of hydrogen-bond acceptors (Lipinski definition) is 4. The fraction of sp³-hybridized carbons (Fsp3) is 0.619. The van der Waals surface area contributed by atoms with Gasteiger partial charge in [-0.3, -0.25) is 14.5 Å². The normalized spacial score (nSPS) is 21.1. The summed E-state index contributed by atoms with van der Waals surface area (Å²) < 4.78 is 14.0. The average Bonchev–Trinajstić information content (AvgIpc) is 2.69. The SMILES string of the molecule is CC(C)CCN1CCNC(=O)[C@H]1CC(=O)N1CCN(c2ccccc2F)CC1. The Morgan fingerprint density at radius 2 is 1.89 bits per heavy atom. The summed E-state index contributed by atoms with van der Waals surface area (Å²) in [5.41, 5.74) is 0.584. The van der Waals surface area contributed by atoms with Gasteiger partial charge in [0.05, 0.1) is 18.2 Å². The maximum Gasteiger partial charge on any atom is 0.237 e. The van der Waals surface area contributed by atoms with Crippen molar-refractivity contribution in [1.29, 1.82) is 0 Å². The highest BCUT2D eigenvalue weighted by Crippen LogP contribution is 2.21. The van der Waals surface area contributed by atoms with Crippen LogP contribution in [0.15, 0.2) is 24.3 Å². The maximum absolute atomic E-state index is 14.0. The van der Waals surface area contributed by atoms with Crippen molar-refractivity contribution in [2.24, 2.45) is 5.92 Å². The molecule has 2 aliphatic heterocycles. The first-order valence-corrected chi connectivity index (χ1v) is 10.2. The summed E-state index contributed by atoms with van der Waals surface area (Å²) in [4.78, 5) is 31.1. The lowest BCUT2D eigenvalue weighted by molar-refractivity contribution is -0.139. The first-order valence-electron chi connectivity index (χ1n) is 10.2. The highest BCUT2D eigenvalue weighted by atomic mass is 19.1. The van der Waals surface area contributed by atoms with E-state index in [0.717, 1.165) is 19.5 Å². The molecule has 1 atom stereocenters. The van der Waals surface area contributed by atoms with Crippen LogP contribution in [0.2, 0.25) is 0 Å². The highest BCUT2D eigenvalue weighted by Gasteiger charge is 2.33. The first-order chi connectivity index (χ1) is 13.5. The lowest BCUT2D eigenvalue weighted by atomic mass is 10.0. The number of piperazine rings is 2. The lowest BCUT2D eigenvalue weighted by Gasteiger charge is -2.39. The summed E-state index contributed by atoms with van der Waals surface area (Å²) in [6.45, 7) is 8.89. The summed E-state index contributed by atoms with van der Waals surface area (Å²) in [5.74, 6) is 0.285. The molecule has 154 valence electrons. The zero-order chi connectivity index (χ0) is 20.1. The molecule has 7 heteroatoms. The molecule has 3 rings (SSSR count). The third-order valence-electron chi connectivity index (χ3n) is 5.63. The average molecular weight is 391 g/mol. The molecule has 0 aromatic heterocycles. The van der Waals surface area contributed by atoms with Gasteiger partial charge in [0.25, 0.3) is 0 Å². The molecule has 0 unspecified atom stereocenters. The standard InChI is InChI=1S/C21H31FN4O2/c1-16(2)7-9-24-10-8-23-21(28)19(24)15-20(27)26-13-11-25(12-14-26)18-6-4-3-5-17(18)22/h3-6,16,19H,7-15H2,1-2H3,(H,23,28)/t19-/m1/s1. The number of para-hydroxylation sites is 1. The molecule has 28 heavy (non-hydrogen) atoms. The second-order valence-electron chi connectivity index (χ2n) is 8.05. The highest BCUT2D eigenvalue weighted by molar-refractivity contribution is 5.89. The zero-order valence-electron chi connectivity index (χ0n) is 16.9. The van der Waals surface area contributed by atoms with Gasteiger partial charge in [-0.2, -0.15) is 0 Å². The third-order valence-corrected chi connectivity index (χ3v) is 5.63. The minimum Gasteiger partial charge on any atom is -0.366 e. The molecule has 2 fully saturated rings. The first kappa shape index (κ1) is 20.6. The number of halogens is 1. The van der Waals surface area contributed by atoms with Gasteiger partial charge in [-0.05, 0) is 31.0 Å². The molecule has 1 aromatic rings. The van der Waals surface area contributed by atoms with Crippen LogP contribution in [0.1, 0.15) is 26.7 Å². The van der Waals surface area contributed by atoms with E-state index in [1.807, 2.05) is 11.0 Å². The van der Waals surface area contributed by atoms with E-state index in [1.54, 1.807) is 17.0 Å². The molecule has 2 aliphatic rings. The summed E-state index contributed by atoms with van der Waals surface area (Å²) in [6, 6.07) is 6.35. The minimum atomic E-state index is -0.385. The van der Waals surface area contributed by atoms with Crippen molar-refractivity contribution in [2.75, 3.05) is 50.7 Å². The zero-order valence-corrected chi connectivity index (χ0v) is 16.9. The van der Waals surface area contributed by atoms with E-state index in [1.165, 1.54) is 6.07 Å². The molecule has 2 heterocycles. The van der Waals surface area contributed by atoms with Gasteiger partial charge >= 0.3 is 0 Å². The number of carbonyl (C=O) groups is 2. The summed E-state index contributed by atoms with van der Waals surface area (Å²) in [6.07, 6.45) is 1.23. The van der Waals surface area contributed by atoms with Crippen LogP contribution in [0.3, 0.4) is 0 Å². The van der Waals surface area contributed by atoms with Gasteiger partial charge in [-0.25, -0.2) is 4.39 Å². The van der Waals surface area contributed by atoms with Gasteiger partial charge in [0.15, 0.2) is 0 Å². The van der Waals surface area contributed by atoms with Crippen molar-refractivity contribution in [3.63, 3.8) is 0 Å². The molecule has 0 spiro atoms. The Kier molecular flexibility index (Phi) is 6.88. The largest absolute Gasteiger partial charge is 0.366 e. The molecule has 0 aliphatic carbocycles. The molecule has 0 radical (unpaired) electrons. The Morgan fingerprint density at radius 1 is 1.18 bits per heavy atom. The Hall–Kier alpha value is -2.15. The van der Waals surface area contributed by atoms with E-state index in [4.69, 9.17) is 0 Å². The molecule has 0 saturated carbocycles. The Bertz CT molecular complexity index is 689. The molecule has 1 N–H and O–H groups in total. The van der Waals surface area contributed by atoms with Crippen LogP contribution in [0, 0.1) is 11.7 Å². The van der Waals surface area contributed by atoms with Crippen LogP contribution < -0.4 is 10.2 Å². The summed E-state index contributed by atoms with van der Waals surface area (Å²) in [7, 11) is 0. The number of nitrogens with one attached hydrogen (secondary N) is 1. The number of amides is 2. The van der Waals surface area contributed by atoms with Crippen molar-refractivity contribution in [3.05, 3.63) is 30.1 Å². The predicted octanol–water partition coefficient (Wildman–Crippen LogP) is 1.71. The van der Waals surface area contributed by atoms with Crippen LogP contribution in [-0.2, 0) is 9.59 Å².